The molecule has 132 valence electrons. The van der Waals surface area contributed by atoms with Crippen LogP contribution < -0.4 is 0 Å². The predicted octanol–water partition coefficient (Wildman–Crippen LogP) is 4.06. The summed E-state index contributed by atoms with van der Waals surface area (Å²) in [5, 5.41) is 20.4. The summed E-state index contributed by atoms with van der Waals surface area (Å²) in [6.07, 6.45) is 3.18. The normalized spacial score (nSPS) is 13.4. The van der Waals surface area contributed by atoms with Crippen molar-refractivity contribution < 1.29 is 19.8 Å². The third-order valence-corrected chi connectivity index (χ3v) is 4.75. The number of carbonyl (C=O) groups excluding carboxylic acids is 2. The van der Waals surface area contributed by atoms with Crippen LogP contribution in [0.2, 0.25) is 0 Å². The number of aromatic hydroxyl groups is 2. The van der Waals surface area contributed by atoms with Gasteiger partial charge in [-0.3, -0.25) is 9.59 Å². The zero-order valence-electron chi connectivity index (χ0n) is 14.3. The second-order valence-electron chi connectivity index (χ2n) is 6.39. The Morgan fingerprint density at radius 1 is 0.778 bits per heavy atom. The number of ketones is 2. The van der Waals surface area contributed by atoms with Crippen molar-refractivity contribution in [3.8, 4) is 11.5 Å². The molecule has 4 heteroatoms. The lowest BCUT2D eigenvalue weighted by molar-refractivity contribution is -0.115. The average Bonchev–Trinajstić information content (AvgIpc) is 2.67. The van der Waals surface area contributed by atoms with Crippen LogP contribution in [0, 0.1) is 0 Å². The summed E-state index contributed by atoms with van der Waals surface area (Å²) in [4.78, 5) is 25.9. The summed E-state index contributed by atoms with van der Waals surface area (Å²) in [6.45, 7) is 0. The van der Waals surface area contributed by atoms with Gasteiger partial charge in [-0.1, -0.05) is 60.7 Å². The molecule has 0 saturated carbocycles. The standard InChI is InChI=1S/C23H16O4/c24-17-10-4-8-15-20(19(26)13-12-14-6-2-1-3-7-14)16-9-5-11-18(25)22(16)23(27)21(15)17/h1-13,20,24-25H. The van der Waals surface area contributed by atoms with Crippen LogP contribution in [0.4, 0.5) is 0 Å². The molecule has 2 N–H and O–H groups in total. The fraction of sp³-hybridized carbons (Fsp3) is 0.0435. The van der Waals surface area contributed by atoms with Crippen LogP contribution in [0.5, 0.6) is 11.5 Å². The molecule has 0 aliphatic heterocycles. The van der Waals surface area contributed by atoms with Crippen LogP contribution >= 0.6 is 0 Å². The van der Waals surface area contributed by atoms with Gasteiger partial charge in [-0.25, -0.2) is 0 Å². The first-order valence-electron chi connectivity index (χ1n) is 8.53. The van der Waals surface area contributed by atoms with Crippen molar-refractivity contribution in [3.05, 3.63) is 101 Å². The van der Waals surface area contributed by atoms with E-state index in [1.54, 1.807) is 30.3 Å². The average molecular weight is 356 g/mol. The van der Waals surface area contributed by atoms with Gasteiger partial charge < -0.3 is 10.2 Å². The Bertz CT molecular complexity index is 1030. The van der Waals surface area contributed by atoms with Gasteiger partial charge in [-0.2, -0.15) is 0 Å². The number of allylic oxidation sites excluding steroid dienone is 1. The monoisotopic (exact) mass is 356 g/mol. The third kappa shape index (κ3) is 2.81. The molecule has 0 unspecified atom stereocenters. The Morgan fingerprint density at radius 2 is 1.33 bits per heavy atom. The van der Waals surface area contributed by atoms with E-state index in [2.05, 4.69) is 0 Å². The summed E-state index contributed by atoms with van der Waals surface area (Å²) < 4.78 is 0. The minimum Gasteiger partial charge on any atom is -0.507 e. The summed E-state index contributed by atoms with van der Waals surface area (Å²) in [5.74, 6) is -1.88. The molecule has 0 saturated heterocycles. The lowest BCUT2D eigenvalue weighted by Gasteiger charge is -2.26. The van der Waals surface area contributed by atoms with Gasteiger partial charge >= 0.3 is 0 Å². The number of fused-ring (bicyclic) bond motifs is 2. The van der Waals surface area contributed by atoms with E-state index in [1.807, 2.05) is 30.3 Å². The molecule has 1 aliphatic carbocycles. The van der Waals surface area contributed by atoms with Crippen LogP contribution in [0.1, 0.15) is 38.5 Å². The number of phenolic OH excluding ortho intramolecular Hbond substituents is 2. The van der Waals surface area contributed by atoms with Crippen LogP contribution in [-0.2, 0) is 4.79 Å². The van der Waals surface area contributed by atoms with E-state index >= 15 is 0 Å². The highest BCUT2D eigenvalue weighted by molar-refractivity contribution is 6.19. The van der Waals surface area contributed by atoms with Gasteiger partial charge in [0.05, 0.1) is 17.0 Å². The van der Waals surface area contributed by atoms with E-state index in [9.17, 15) is 19.8 Å². The Balaban J connectivity index is 1.86. The Hall–Kier alpha value is -3.66. The minimum absolute atomic E-state index is 0.0676. The highest BCUT2D eigenvalue weighted by atomic mass is 16.3. The Kier molecular flexibility index (Phi) is 4.09. The number of rotatable bonds is 3. The molecule has 0 heterocycles. The smallest absolute Gasteiger partial charge is 0.201 e. The Morgan fingerprint density at radius 3 is 1.89 bits per heavy atom. The van der Waals surface area contributed by atoms with Gasteiger partial charge in [-0.05, 0) is 34.9 Å². The molecule has 0 amide bonds. The van der Waals surface area contributed by atoms with Crippen molar-refractivity contribution in [3.63, 3.8) is 0 Å². The molecule has 0 spiro atoms. The van der Waals surface area contributed by atoms with Gasteiger partial charge in [0, 0.05) is 0 Å². The number of hydrogen-bond acceptors (Lipinski definition) is 4. The van der Waals surface area contributed by atoms with Crippen LogP contribution in [0.25, 0.3) is 6.08 Å². The van der Waals surface area contributed by atoms with Crippen molar-refractivity contribution in [2.24, 2.45) is 0 Å². The molecule has 0 atom stereocenters. The molecular weight excluding hydrogens is 340 g/mol. The van der Waals surface area contributed by atoms with E-state index in [1.165, 1.54) is 18.2 Å². The molecule has 1 aliphatic rings. The first-order valence-corrected chi connectivity index (χ1v) is 8.53. The van der Waals surface area contributed by atoms with Crippen LogP contribution in [0.15, 0.2) is 72.8 Å². The summed E-state index contributed by atoms with van der Waals surface area (Å²) >= 11 is 0. The van der Waals surface area contributed by atoms with E-state index < -0.39 is 11.7 Å². The van der Waals surface area contributed by atoms with E-state index in [0.29, 0.717) is 11.1 Å². The zero-order valence-corrected chi connectivity index (χ0v) is 14.3. The molecular formula is C23H16O4. The van der Waals surface area contributed by atoms with Crippen LogP contribution in [0.3, 0.4) is 0 Å². The molecule has 0 fully saturated rings. The van der Waals surface area contributed by atoms with Crippen molar-refractivity contribution in [2.45, 2.75) is 5.92 Å². The van der Waals surface area contributed by atoms with Crippen molar-refractivity contribution in [1.29, 1.82) is 0 Å². The summed E-state index contributed by atoms with van der Waals surface area (Å²) in [6, 6.07) is 18.8. The van der Waals surface area contributed by atoms with Gasteiger partial charge in [0.2, 0.25) is 5.78 Å². The van der Waals surface area contributed by atoms with Gasteiger partial charge in [-0.15, -0.1) is 0 Å². The topological polar surface area (TPSA) is 74.6 Å². The fourth-order valence-electron chi connectivity index (χ4n) is 3.53. The number of carbonyl (C=O) groups is 2. The minimum atomic E-state index is -0.771. The lowest BCUT2D eigenvalue weighted by Crippen LogP contribution is -2.24. The largest absolute Gasteiger partial charge is 0.507 e. The number of phenols is 2. The maximum absolute atomic E-state index is 13.1. The molecule has 3 aromatic rings. The first-order chi connectivity index (χ1) is 13.1. The van der Waals surface area contributed by atoms with Crippen LogP contribution in [-0.4, -0.2) is 21.8 Å². The number of hydrogen-bond donors (Lipinski definition) is 2. The SMILES string of the molecule is O=C1c2c(O)cccc2C(C(=O)C=Cc2ccccc2)c2cccc(O)c21. The fourth-order valence-corrected chi connectivity index (χ4v) is 3.53. The zero-order chi connectivity index (χ0) is 19.0. The lowest BCUT2D eigenvalue weighted by atomic mass is 9.74. The molecule has 0 aromatic heterocycles. The highest BCUT2D eigenvalue weighted by Gasteiger charge is 2.37. The summed E-state index contributed by atoms with van der Waals surface area (Å²) in [7, 11) is 0. The van der Waals surface area contributed by atoms with E-state index in [4.69, 9.17) is 0 Å². The van der Waals surface area contributed by atoms with Crippen molar-refractivity contribution >= 4 is 17.6 Å². The first kappa shape index (κ1) is 16.8. The molecule has 0 radical (unpaired) electrons. The molecule has 4 rings (SSSR count). The molecule has 27 heavy (non-hydrogen) atoms. The maximum atomic E-state index is 13.1. The second-order valence-corrected chi connectivity index (χ2v) is 6.39. The third-order valence-electron chi connectivity index (χ3n) is 4.75. The van der Waals surface area contributed by atoms with E-state index in [0.717, 1.165) is 5.56 Å². The van der Waals surface area contributed by atoms with Gasteiger partial charge in [0.15, 0.2) is 5.78 Å². The molecule has 0 bridgehead atoms. The van der Waals surface area contributed by atoms with Gasteiger partial charge in [0.25, 0.3) is 0 Å². The van der Waals surface area contributed by atoms with Crippen molar-refractivity contribution in [2.75, 3.05) is 0 Å². The van der Waals surface area contributed by atoms with Crippen molar-refractivity contribution in [1.82, 2.24) is 0 Å². The summed E-state index contributed by atoms with van der Waals surface area (Å²) in [5.41, 5.74) is 1.91. The quantitative estimate of drug-likeness (QED) is 0.694. The number of benzene rings is 3. The maximum Gasteiger partial charge on any atom is 0.201 e. The second kappa shape index (κ2) is 6.57. The highest BCUT2D eigenvalue weighted by Crippen LogP contribution is 2.43. The predicted molar refractivity (Wildman–Crippen MR) is 102 cm³/mol. The molecule has 4 nitrogen and oxygen atoms in total. The van der Waals surface area contributed by atoms with E-state index in [-0.39, 0.29) is 28.4 Å². The van der Waals surface area contributed by atoms with Gasteiger partial charge in [0.1, 0.15) is 11.5 Å². The Labute approximate surface area is 156 Å². The molecule has 3 aromatic carbocycles.